The molecule has 1 fully saturated rings. The van der Waals surface area contributed by atoms with Gasteiger partial charge in [0.1, 0.15) is 6.07 Å². The molecule has 0 aromatic heterocycles. The number of hydrogen-bond donors (Lipinski definition) is 1. The predicted molar refractivity (Wildman–Crippen MR) is 83.8 cm³/mol. The van der Waals surface area contributed by atoms with E-state index in [2.05, 4.69) is 42.3 Å². The van der Waals surface area contributed by atoms with Crippen molar-refractivity contribution >= 4 is 5.69 Å². The van der Waals surface area contributed by atoms with Crippen LogP contribution < -0.4 is 10.2 Å². The summed E-state index contributed by atoms with van der Waals surface area (Å²) in [6.45, 7) is 7.21. The summed E-state index contributed by atoms with van der Waals surface area (Å²) in [5.74, 6) is 0. The van der Waals surface area contributed by atoms with Gasteiger partial charge in [0.2, 0.25) is 0 Å². The first-order valence-electron chi connectivity index (χ1n) is 7.79. The second kappa shape index (κ2) is 7.31. The average Bonchev–Trinajstić information content (AvgIpc) is 3.30. The van der Waals surface area contributed by atoms with Crippen LogP contribution in [0.5, 0.6) is 0 Å². The maximum atomic E-state index is 9.41. The molecule has 20 heavy (non-hydrogen) atoms. The molecule has 0 aliphatic heterocycles. The number of nitrogens with one attached hydrogen (secondary N) is 1. The molecule has 0 radical (unpaired) electrons. The van der Waals surface area contributed by atoms with Crippen LogP contribution in [0.1, 0.15) is 50.7 Å². The highest BCUT2D eigenvalue weighted by Gasteiger charge is 2.20. The lowest BCUT2D eigenvalue weighted by Gasteiger charge is -2.24. The molecule has 0 heterocycles. The zero-order valence-corrected chi connectivity index (χ0v) is 12.7. The Balaban J connectivity index is 2.08. The lowest BCUT2D eigenvalue weighted by Crippen LogP contribution is -2.25. The second-order valence-corrected chi connectivity index (χ2v) is 5.55. The molecule has 0 saturated heterocycles. The lowest BCUT2D eigenvalue weighted by molar-refractivity contribution is 0.687. The highest BCUT2D eigenvalue weighted by Crippen LogP contribution is 2.23. The van der Waals surface area contributed by atoms with Gasteiger partial charge in [0, 0.05) is 25.7 Å². The number of nitrogens with zero attached hydrogens (tertiary/aromatic N) is 2. The monoisotopic (exact) mass is 271 g/mol. The van der Waals surface area contributed by atoms with Crippen molar-refractivity contribution in [3.05, 3.63) is 29.3 Å². The molecule has 3 heteroatoms. The number of nitriles is 1. The van der Waals surface area contributed by atoms with Crippen LogP contribution in [0.2, 0.25) is 0 Å². The first kappa shape index (κ1) is 14.9. The van der Waals surface area contributed by atoms with Gasteiger partial charge >= 0.3 is 0 Å². The minimum Gasteiger partial charge on any atom is -0.371 e. The van der Waals surface area contributed by atoms with Crippen LogP contribution in [0.3, 0.4) is 0 Å². The number of benzene rings is 1. The van der Waals surface area contributed by atoms with Gasteiger partial charge in [-0.25, -0.2) is 0 Å². The van der Waals surface area contributed by atoms with Crippen molar-refractivity contribution in [2.24, 2.45) is 0 Å². The minimum absolute atomic E-state index is 0.705. The van der Waals surface area contributed by atoms with Crippen molar-refractivity contribution < 1.29 is 0 Å². The fourth-order valence-electron chi connectivity index (χ4n) is 2.41. The van der Waals surface area contributed by atoms with Gasteiger partial charge in [0.15, 0.2) is 0 Å². The highest BCUT2D eigenvalue weighted by atomic mass is 15.1. The third-order valence-electron chi connectivity index (χ3n) is 3.86. The molecule has 108 valence electrons. The van der Waals surface area contributed by atoms with E-state index in [0.717, 1.165) is 30.9 Å². The SMILES string of the molecule is CCCCN(CC)c1ccc(CNC2CC2)cc1C#N. The van der Waals surface area contributed by atoms with E-state index in [0.29, 0.717) is 6.04 Å². The van der Waals surface area contributed by atoms with Crippen LogP contribution in [-0.2, 0) is 6.54 Å². The molecule has 2 rings (SSSR count). The quantitative estimate of drug-likeness (QED) is 0.787. The Morgan fingerprint density at radius 3 is 2.75 bits per heavy atom. The van der Waals surface area contributed by atoms with Crippen LogP contribution >= 0.6 is 0 Å². The fourth-order valence-corrected chi connectivity index (χ4v) is 2.41. The molecule has 0 atom stereocenters. The van der Waals surface area contributed by atoms with Gasteiger partial charge in [-0.05, 0) is 43.9 Å². The zero-order chi connectivity index (χ0) is 14.4. The largest absolute Gasteiger partial charge is 0.371 e. The lowest BCUT2D eigenvalue weighted by atomic mass is 10.1. The Morgan fingerprint density at radius 1 is 1.35 bits per heavy atom. The van der Waals surface area contributed by atoms with Crippen molar-refractivity contribution in [1.29, 1.82) is 5.26 Å². The maximum Gasteiger partial charge on any atom is 0.101 e. The first-order chi connectivity index (χ1) is 9.78. The molecular formula is C17H25N3. The summed E-state index contributed by atoms with van der Waals surface area (Å²) in [6.07, 6.45) is 4.94. The van der Waals surface area contributed by atoms with E-state index in [-0.39, 0.29) is 0 Å². The van der Waals surface area contributed by atoms with E-state index in [9.17, 15) is 5.26 Å². The van der Waals surface area contributed by atoms with Crippen molar-refractivity contribution in [1.82, 2.24) is 5.32 Å². The molecule has 1 aromatic rings. The number of rotatable bonds is 8. The first-order valence-corrected chi connectivity index (χ1v) is 7.79. The van der Waals surface area contributed by atoms with Crippen molar-refractivity contribution in [2.75, 3.05) is 18.0 Å². The molecule has 0 amide bonds. The summed E-state index contributed by atoms with van der Waals surface area (Å²) in [7, 11) is 0. The molecule has 1 aliphatic rings. The van der Waals surface area contributed by atoms with Gasteiger partial charge < -0.3 is 10.2 Å². The van der Waals surface area contributed by atoms with E-state index in [1.807, 2.05) is 6.07 Å². The Labute approximate surface area is 122 Å². The number of unbranched alkanes of at least 4 members (excludes halogenated alkanes) is 1. The van der Waals surface area contributed by atoms with Gasteiger partial charge in [-0.3, -0.25) is 0 Å². The summed E-state index contributed by atoms with van der Waals surface area (Å²) in [6, 6.07) is 9.37. The number of hydrogen-bond acceptors (Lipinski definition) is 3. The van der Waals surface area contributed by atoms with E-state index in [4.69, 9.17) is 0 Å². The zero-order valence-electron chi connectivity index (χ0n) is 12.7. The highest BCUT2D eigenvalue weighted by molar-refractivity contribution is 5.60. The van der Waals surface area contributed by atoms with Crippen LogP contribution in [0.15, 0.2) is 18.2 Å². The molecule has 0 bridgehead atoms. The second-order valence-electron chi connectivity index (χ2n) is 5.55. The van der Waals surface area contributed by atoms with Gasteiger partial charge in [-0.15, -0.1) is 0 Å². The third kappa shape index (κ3) is 3.98. The van der Waals surface area contributed by atoms with Crippen LogP contribution in [0.25, 0.3) is 0 Å². The van der Waals surface area contributed by atoms with E-state index in [1.165, 1.54) is 31.2 Å². The Kier molecular flexibility index (Phi) is 5.43. The molecule has 1 saturated carbocycles. The molecule has 0 spiro atoms. The summed E-state index contributed by atoms with van der Waals surface area (Å²) in [5.41, 5.74) is 3.10. The van der Waals surface area contributed by atoms with Gasteiger partial charge in [-0.1, -0.05) is 19.4 Å². The van der Waals surface area contributed by atoms with Crippen LogP contribution in [0.4, 0.5) is 5.69 Å². The standard InChI is InChI=1S/C17H25N3/c1-3-5-10-20(4-2)17-9-6-14(11-15(17)12-18)13-19-16-7-8-16/h6,9,11,16,19H,3-5,7-8,10,13H2,1-2H3. The van der Waals surface area contributed by atoms with Crippen molar-refractivity contribution in [3.8, 4) is 6.07 Å². The fraction of sp³-hybridized carbons (Fsp3) is 0.588. The van der Waals surface area contributed by atoms with Gasteiger partial charge in [0.05, 0.1) is 11.3 Å². The van der Waals surface area contributed by atoms with E-state index in [1.54, 1.807) is 0 Å². The summed E-state index contributed by atoms with van der Waals surface area (Å²) < 4.78 is 0. The van der Waals surface area contributed by atoms with Gasteiger partial charge in [-0.2, -0.15) is 5.26 Å². The molecular weight excluding hydrogens is 246 g/mol. The minimum atomic E-state index is 0.705. The molecule has 1 aromatic carbocycles. The smallest absolute Gasteiger partial charge is 0.101 e. The van der Waals surface area contributed by atoms with E-state index >= 15 is 0 Å². The van der Waals surface area contributed by atoms with Crippen molar-refractivity contribution in [2.45, 2.75) is 52.1 Å². The third-order valence-corrected chi connectivity index (χ3v) is 3.86. The molecule has 3 nitrogen and oxygen atoms in total. The Hall–Kier alpha value is -1.53. The maximum absolute atomic E-state index is 9.41. The molecule has 0 unspecified atom stereocenters. The Bertz CT molecular complexity index is 472. The number of anilines is 1. The van der Waals surface area contributed by atoms with Crippen molar-refractivity contribution in [3.63, 3.8) is 0 Å². The van der Waals surface area contributed by atoms with Crippen LogP contribution in [-0.4, -0.2) is 19.1 Å². The normalized spacial score (nSPS) is 14.1. The molecule has 1 N–H and O–H groups in total. The average molecular weight is 271 g/mol. The topological polar surface area (TPSA) is 39.1 Å². The summed E-state index contributed by atoms with van der Waals surface area (Å²) in [5, 5.41) is 12.9. The summed E-state index contributed by atoms with van der Waals surface area (Å²) >= 11 is 0. The molecule has 1 aliphatic carbocycles. The Morgan fingerprint density at radius 2 is 2.15 bits per heavy atom. The predicted octanol–water partition coefficient (Wildman–Crippen LogP) is 3.44. The van der Waals surface area contributed by atoms with Crippen LogP contribution in [0, 0.1) is 11.3 Å². The van der Waals surface area contributed by atoms with E-state index < -0.39 is 0 Å². The van der Waals surface area contributed by atoms with Gasteiger partial charge in [0.25, 0.3) is 0 Å². The summed E-state index contributed by atoms with van der Waals surface area (Å²) in [4.78, 5) is 2.31.